The molecule has 3 atom stereocenters. The number of carbonyl (C=O) groups excluding carboxylic acids is 3. The number of anilines is 5. The van der Waals surface area contributed by atoms with Gasteiger partial charge in [0.15, 0.2) is 17.1 Å². The molecule has 0 fully saturated rings. The lowest BCUT2D eigenvalue weighted by molar-refractivity contribution is -0.142. The Bertz CT molecular complexity index is 5080. The van der Waals surface area contributed by atoms with E-state index in [4.69, 9.17) is 15.2 Å². The number of rotatable bonds is 25. The fourth-order valence-electron chi connectivity index (χ4n) is 11.8. The maximum atomic E-state index is 14.4. The summed E-state index contributed by atoms with van der Waals surface area (Å²) in [4.78, 5) is 41.6. The van der Waals surface area contributed by atoms with Gasteiger partial charge in [-0.1, -0.05) is 127 Å². The minimum absolute atomic E-state index is 0.0980. The molecule has 0 saturated heterocycles. The molecule has 27 heteroatoms. The number of nitrogens with one attached hydrogen (secondary N) is 5. The molecule has 0 saturated carbocycles. The standard InChI is InChI=1S/C78H65F9N12O6/c1-3-105-72(51-16-5-4-6-17-51)55-20-12-23-60(40-55)93-75(103)66-43-69(78(85,86)87)96-99(66)63-26-9-15-49(37-63)46-90-57-33-29-52(30-34-57)71(104-2)54-19-11-22-59(39-54)92-74(102)65-42-68(77(82,83)84)95-98(65)62-25-8-14-48(36-62)45-89-56-31-27-50(28-32-56)70(100)53-18-10-21-58(38-53)91-73(101)64-41-67(76(79,80)81)94-97(64)61-24-7-13-47(35-61)44-88/h4-43,70-72,89-90,100H,3,44-46,88H2,1-2H3,(H,91,101)(H,92,102)(H,93,103). The van der Waals surface area contributed by atoms with Crippen LogP contribution in [0.5, 0.6) is 0 Å². The second kappa shape index (κ2) is 31.2. The van der Waals surface area contributed by atoms with Crippen molar-refractivity contribution in [1.29, 1.82) is 0 Å². The zero-order chi connectivity index (χ0) is 74.2. The molecule has 0 aliphatic rings. The summed E-state index contributed by atoms with van der Waals surface area (Å²) in [5.41, 5.74) is 8.73. The van der Waals surface area contributed by atoms with Gasteiger partial charge < -0.3 is 46.9 Å². The van der Waals surface area contributed by atoms with Crippen molar-refractivity contribution in [2.24, 2.45) is 5.73 Å². The van der Waals surface area contributed by atoms with Gasteiger partial charge in [0, 0.05) is 80.0 Å². The van der Waals surface area contributed by atoms with Gasteiger partial charge in [0.25, 0.3) is 17.7 Å². The number of amides is 3. The fraction of sp³-hybridized carbons (Fsp3) is 0.154. The minimum Gasteiger partial charge on any atom is -0.384 e. The first-order valence-electron chi connectivity index (χ1n) is 32.7. The third-order valence-electron chi connectivity index (χ3n) is 16.9. The van der Waals surface area contributed by atoms with Crippen LogP contribution in [0.15, 0.2) is 243 Å². The molecule has 12 aromatic rings. The molecule has 3 amide bonds. The first-order chi connectivity index (χ1) is 50.4. The van der Waals surface area contributed by atoms with Crippen molar-refractivity contribution in [3.05, 3.63) is 327 Å². The highest BCUT2D eigenvalue weighted by Gasteiger charge is 2.39. The molecule has 18 nitrogen and oxygen atoms in total. The number of hydrogen-bond donors (Lipinski definition) is 7. The Morgan fingerprint density at radius 2 is 0.762 bits per heavy atom. The predicted molar refractivity (Wildman–Crippen MR) is 377 cm³/mol. The normalized spacial score (nSPS) is 12.7. The zero-order valence-corrected chi connectivity index (χ0v) is 55.8. The van der Waals surface area contributed by atoms with Crippen LogP contribution in [0.3, 0.4) is 0 Å². The van der Waals surface area contributed by atoms with Crippen molar-refractivity contribution >= 4 is 46.2 Å². The van der Waals surface area contributed by atoms with Gasteiger partial charge in [-0.15, -0.1) is 0 Å². The summed E-state index contributed by atoms with van der Waals surface area (Å²) >= 11 is 0. The highest BCUT2D eigenvalue weighted by molar-refractivity contribution is 6.05. The molecule has 12 rings (SSSR count). The van der Waals surface area contributed by atoms with Crippen molar-refractivity contribution in [3.8, 4) is 17.1 Å². The quantitative estimate of drug-likeness (QED) is 0.0265. The molecule has 3 unspecified atom stereocenters. The first-order valence-corrected chi connectivity index (χ1v) is 32.7. The van der Waals surface area contributed by atoms with Crippen molar-refractivity contribution in [2.45, 2.75) is 63.4 Å². The predicted octanol–water partition coefficient (Wildman–Crippen LogP) is 16.7. The number of hydrogen-bond acceptors (Lipinski definition) is 12. The van der Waals surface area contributed by atoms with Crippen LogP contribution in [0.4, 0.5) is 68.0 Å². The second-order valence-corrected chi connectivity index (χ2v) is 24.1. The number of halogens is 9. The van der Waals surface area contributed by atoms with E-state index in [1.165, 1.54) is 37.4 Å². The number of nitrogens with two attached hydrogens (primary N) is 1. The molecular formula is C78H65F9N12O6. The van der Waals surface area contributed by atoms with Gasteiger partial charge in [0.2, 0.25) is 0 Å². The first kappa shape index (κ1) is 72.6. The van der Waals surface area contributed by atoms with Crippen LogP contribution in [-0.4, -0.2) is 65.9 Å². The van der Waals surface area contributed by atoms with Crippen LogP contribution in [0.25, 0.3) is 17.1 Å². The number of nitrogens with zero attached hydrogens (tertiary/aromatic N) is 6. The van der Waals surface area contributed by atoms with Gasteiger partial charge in [-0.2, -0.15) is 54.8 Å². The van der Waals surface area contributed by atoms with E-state index in [9.17, 15) is 59.0 Å². The van der Waals surface area contributed by atoms with Gasteiger partial charge in [-0.25, -0.2) is 14.0 Å². The topological polar surface area (TPSA) is 230 Å². The van der Waals surface area contributed by atoms with Crippen LogP contribution in [0.1, 0.15) is 124 Å². The Labute approximate surface area is 594 Å². The highest BCUT2D eigenvalue weighted by atomic mass is 19.4. The van der Waals surface area contributed by atoms with Crippen molar-refractivity contribution < 1.29 is 68.5 Å². The Balaban J connectivity index is 0.674. The molecule has 9 aromatic carbocycles. The summed E-state index contributed by atoms with van der Waals surface area (Å²) in [6.07, 6.45) is -17.0. The second-order valence-electron chi connectivity index (χ2n) is 24.1. The Kier molecular flexibility index (Phi) is 21.6. The van der Waals surface area contributed by atoms with Gasteiger partial charge in [-0.05, 0) is 154 Å². The molecule has 0 radical (unpaired) electrons. The smallest absolute Gasteiger partial charge is 0.384 e. The summed E-state index contributed by atoms with van der Waals surface area (Å²) < 4.78 is 142. The average molecular weight is 1440 g/mol. The molecule has 0 bridgehead atoms. The van der Waals surface area contributed by atoms with E-state index in [0.29, 0.717) is 80.8 Å². The van der Waals surface area contributed by atoms with E-state index in [1.54, 1.807) is 158 Å². The van der Waals surface area contributed by atoms with E-state index in [1.807, 2.05) is 43.3 Å². The summed E-state index contributed by atoms with van der Waals surface area (Å²) in [5, 5.41) is 37.4. The molecule has 0 aliphatic heterocycles. The lowest BCUT2D eigenvalue weighted by Gasteiger charge is -2.19. The lowest BCUT2D eigenvalue weighted by atomic mass is 10.0. The van der Waals surface area contributed by atoms with Crippen molar-refractivity contribution in [2.75, 3.05) is 40.3 Å². The molecule has 8 N–H and O–H groups in total. The molecule has 0 aliphatic carbocycles. The third-order valence-corrected chi connectivity index (χ3v) is 16.9. The minimum atomic E-state index is -4.93. The van der Waals surface area contributed by atoms with Crippen LogP contribution >= 0.6 is 0 Å². The van der Waals surface area contributed by atoms with E-state index < -0.39 is 83.0 Å². The number of alkyl halides is 9. The number of aliphatic hydroxyl groups excluding tert-OH is 1. The van der Waals surface area contributed by atoms with E-state index in [2.05, 4.69) is 41.9 Å². The number of benzene rings is 9. The largest absolute Gasteiger partial charge is 0.435 e. The number of aromatic nitrogens is 6. The molecule has 3 aromatic heterocycles. The van der Waals surface area contributed by atoms with E-state index in [-0.39, 0.29) is 53.8 Å². The van der Waals surface area contributed by atoms with Crippen LogP contribution < -0.4 is 32.3 Å². The van der Waals surface area contributed by atoms with Gasteiger partial charge in [0.1, 0.15) is 35.4 Å². The number of carbonyl (C=O) groups is 3. The molecule has 3 heterocycles. The molecule has 105 heavy (non-hydrogen) atoms. The summed E-state index contributed by atoms with van der Waals surface area (Å²) in [6.45, 7) is 2.71. The molecular weight excluding hydrogens is 1370 g/mol. The van der Waals surface area contributed by atoms with Crippen molar-refractivity contribution in [3.63, 3.8) is 0 Å². The number of ether oxygens (including phenoxy) is 2. The fourth-order valence-corrected chi connectivity index (χ4v) is 11.8. The maximum absolute atomic E-state index is 14.4. The van der Waals surface area contributed by atoms with Crippen molar-refractivity contribution in [1.82, 2.24) is 29.3 Å². The lowest BCUT2D eigenvalue weighted by Crippen LogP contribution is -2.17. The third kappa shape index (κ3) is 17.3. The summed E-state index contributed by atoms with van der Waals surface area (Å²) in [7, 11) is 1.49. The van der Waals surface area contributed by atoms with Gasteiger partial charge >= 0.3 is 18.5 Å². The maximum Gasteiger partial charge on any atom is 0.435 e. The Hall–Kier alpha value is -12.2. The van der Waals surface area contributed by atoms with E-state index >= 15 is 0 Å². The number of aliphatic hydroxyl groups is 1. The molecule has 0 spiro atoms. The van der Waals surface area contributed by atoms with Gasteiger partial charge in [0.05, 0.1) is 17.1 Å². The number of methoxy groups -OCH3 is 1. The van der Waals surface area contributed by atoms with Gasteiger partial charge in [-0.3, -0.25) is 14.4 Å². The highest BCUT2D eigenvalue weighted by Crippen LogP contribution is 2.36. The zero-order valence-electron chi connectivity index (χ0n) is 55.8. The van der Waals surface area contributed by atoms with Crippen LogP contribution in [0.2, 0.25) is 0 Å². The summed E-state index contributed by atoms with van der Waals surface area (Å²) in [6, 6.07) is 64.2. The van der Waals surface area contributed by atoms with E-state index in [0.717, 1.165) is 25.2 Å². The van der Waals surface area contributed by atoms with Crippen LogP contribution in [-0.2, 0) is 47.6 Å². The average Bonchev–Trinajstić information content (AvgIpc) is 1.62. The monoisotopic (exact) mass is 1440 g/mol. The Morgan fingerprint density at radius 3 is 1.16 bits per heavy atom. The SMILES string of the molecule is CCOC(c1ccccc1)c1cccc(NC(=O)c2cc(C(F)(F)F)nn2-c2cccc(CNc3ccc(C(OC)c4cccc(NC(=O)c5cc(C(F)(F)F)nn5-c5cccc(CNc6ccc(C(O)c7cccc(NC(=O)c8cc(C(F)(F)F)nn8-c8cccc(CN)c8)c7)cc6)c5)c4)cc3)c2)c1. The van der Waals surface area contributed by atoms with Crippen LogP contribution in [0, 0.1) is 0 Å². The Morgan fingerprint density at radius 1 is 0.410 bits per heavy atom. The summed E-state index contributed by atoms with van der Waals surface area (Å²) in [5.74, 6) is -2.63. The molecule has 536 valence electrons.